The van der Waals surface area contributed by atoms with Gasteiger partial charge >= 0.3 is 0 Å². The van der Waals surface area contributed by atoms with Gasteiger partial charge in [0.1, 0.15) is 5.66 Å². The van der Waals surface area contributed by atoms with E-state index >= 15 is 0 Å². The molecule has 1 aliphatic heterocycles. The first-order valence-corrected chi connectivity index (χ1v) is 10.4. The van der Waals surface area contributed by atoms with E-state index in [4.69, 9.17) is 20.6 Å². The highest BCUT2D eigenvalue weighted by Crippen LogP contribution is 2.36. The number of dihydropyridines is 1. The van der Waals surface area contributed by atoms with Gasteiger partial charge in [-0.1, -0.05) is 20.8 Å². The molecule has 0 aromatic rings. The van der Waals surface area contributed by atoms with Gasteiger partial charge in [-0.15, -0.1) is 0 Å². The molecule has 0 aliphatic carbocycles. The van der Waals surface area contributed by atoms with Crippen LogP contribution in [0.25, 0.3) is 0 Å². The van der Waals surface area contributed by atoms with E-state index in [0.29, 0.717) is 24.6 Å². The van der Waals surface area contributed by atoms with E-state index in [-0.39, 0.29) is 5.04 Å². The van der Waals surface area contributed by atoms with Crippen molar-refractivity contribution in [2.45, 2.75) is 57.4 Å². The standard InChI is InChI=1S/C15H31N3O2Si/c1-14(2,3)21(5,6)20-11-7-10-15(17)12(16)8-9-13(18-15)19-4/h8-9,18H,7,10-11,16-17H2,1-6H3. The second kappa shape index (κ2) is 6.42. The molecule has 0 aromatic heterocycles. The molecular weight excluding hydrogens is 282 g/mol. The van der Waals surface area contributed by atoms with Crippen molar-refractivity contribution in [1.82, 2.24) is 5.32 Å². The molecule has 5 N–H and O–H groups in total. The van der Waals surface area contributed by atoms with Gasteiger partial charge in [0.2, 0.25) is 0 Å². The fraction of sp³-hybridized carbons (Fsp3) is 0.733. The Morgan fingerprint density at radius 3 is 2.43 bits per heavy atom. The number of ether oxygens (including phenoxy) is 1. The van der Waals surface area contributed by atoms with E-state index < -0.39 is 14.0 Å². The van der Waals surface area contributed by atoms with Crippen molar-refractivity contribution in [1.29, 1.82) is 0 Å². The van der Waals surface area contributed by atoms with Gasteiger partial charge in [0.15, 0.2) is 14.2 Å². The molecule has 1 unspecified atom stereocenters. The Kier molecular flexibility index (Phi) is 5.52. The van der Waals surface area contributed by atoms with E-state index in [1.165, 1.54) is 0 Å². The third-order valence-electron chi connectivity index (χ3n) is 4.48. The molecule has 21 heavy (non-hydrogen) atoms. The molecule has 6 heteroatoms. The number of nitrogens with two attached hydrogens (primary N) is 2. The molecule has 5 nitrogen and oxygen atoms in total. The van der Waals surface area contributed by atoms with Gasteiger partial charge in [0, 0.05) is 12.3 Å². The first-order chi connectivity index (χ1) is 9.52. The summed E-state index contributed by atoms with van der Waals surface area (Å²) in [5, 5.41) is 3.36. The smallest absolute Gasteiger partial charge is 0.191 e. The van der Waals surface area contributed by atoms with Crippen LogP contribution in [0.15, 0.2) is 23.7 Å². The average Bonchev–Trinajstić information content (AvgIpc) is 2.37. The lowest BCUT2D eigenvalue weighted by molar-refractivity contribution is 0.207. The van der Waals surface area contributed by atoms with E-state index in [1.807, 2.05) is 0 Å². The lowest BCUT2D eigenvalue weighted by Gasteiger charge is -2.37. The second-order valence-electron chi connectivity index (χ2n) is 7.17. The zero-order chi connectivity index (χ0) is 16.3. The van der Waals surface area contributed by atoms with E-state index in [0.717, 1.165) is 6.42 Å². The summed E-state index contributed by atoms with van der Waals surface area (Å²) >= 11 is 0. The zero-order valence-electron chi connectivity index (χ0n) is 14.2. The van der Waals surface area contributed by atoms with Gasteiger partial charge < -0.3 is 25.9 Å². The second-order valence-corrected chi connectivity index (χ2v) is 12.0. The van der Waals surface area contributed by atoms with Crippen LogP contribution < -0.4 is 16.8 Å². The number of nitrogens with one attached hydrogen (secondary N) is 1. The minimum Gasteiger partial charge on any atom is -0.482 e. The third-order valence-corrected chi connectivity index (χ3v) is 9.02. The summed E-state index contributed by atoms with van der Waals surface area (Å²) in [5.41, 5.74) is 12.2. The number of allylic oxidation sites excluding steroid dienone is 2. The lowest BCUT2D eigenvalue weighted by atomic mass is 9.99. The van der Waals surface area contributed by atoms with E-state index in [9.17, 15) is 0 Å². The van der Waals surface area contributed by atoms with Gasteiger partial charge in [0.25, 0.3) is 0 Å². The van der Waals surface area contributed by atoms with Crippen molar-refractivity contribution in [3.8, 4) is 0 Å². The van der Waals surface area contributed by atoms with Crippen LogP contribution in [0, 0.1) is 0 Å². The number of rotatable bonds is 6. The summed E-state index contributed by atoms with van der Waals surface area (Å²) in [6.07, 6.45) is 5.13. The van der Waals surface area contributed by atoms with Crippen LogP contribution in [0.3, 0.4) is 0 Å². The maximum absolute atomic E-state index is 6.33. The minimum atomic E-state index is -1.70. The van der Waals surface area contributed by atoms with Gasteiger partial charge in [-0.3, -0.25) is 0 Å². The SMILES string of the molecule is COC1=CC=C(N)C(N)(CCCO[Si](C)(C)C(C)(C)C)N1. The van der Waals surface area contributed by atoms with Crippen molar-refractivity contribution in [3.05, 3.63) is 23.7 Å². The highest BCUT2D eigenvalue weighted by molar-refractivity contribution is 6.74. The summed E-state index contributed by atoms with van der Waals surface area (Å²) in [6.45, 7) is 11.9. The summed E-state index contributed by atoms with van der Waals surface area (Å²) < 4.78 is 11.4. The monoisotopic (exact) mass is 313 g/mol. The molecule has 0 saturated heterocycles. The van der Waals surface area contributed by atoms with Crippen LogP contribution in [0.4, 0.5) is 0 Å². The fourth-order valence-corrected chi connectivity index (χ4v) is 2.96. The van der Waals surface area contributed by atoms with Crippen LogP contribution in [0.2, 0.25) is 18.1 Å². The van der Waals surface area contributed by atoms with Gasteiger partial charge in [-0.05, 0) is 43.1 Å². The summed E-state index contributed by atoms with van der Waals surface area (Å²) in [4.78, 5) is 0. The molecular formula is C15H31N3O2Si. The molecule has 0 radical (unpaired) electrons. The van der Waals surface area contributed by atoms with Crippen molar-refractivity contribution in [2.24, 2.45) is 11.5 Å². The lowest BCUT2D eigenvalue weighted by Crippen LogP contribution is -2.58. The number of hydrogen-bond donors (Lipinski definition) is 3. The predicted octanol–water partition coefficient (Wildman–Crippen LogP) is 2.38. The highest BCUT2D eigenvalue weighted by atomic mass is 28.4. The summed E-state index contributed by atoms with van der Waals surface area (Å²) in [5.74, 6) is 0.636. The molecule has 122 valence electrons. The molecule has 0 fully saturated rings. The first kappa shape index (κ1) is 18.1. The molecule has 1 rings (SSSR count). The molecule has 0 amide bonds. The maximum atomic E-state index is 6.33. The average molecular weight is 314 g/mol. The minimum absolute atomic E-state index is 0.224. The predicted molar refractivity (Wildman–Crippen MR) is 89.8 cm³/mol. The quantitative estimate of drug-likeness (QED) is 0.518. The molecule has 0 spiro atoms. The molecule has 1 aliphatic rings. The number of hydrogen-bond acceptors (Lipinski definition) is 5. The largest absolute Gasteiger partial charge is 0.482 e. The third kappa shape index (κ3) is 4.49. The van der Waals surface area contributed by atoms with E-state index in [1.54, 1.807) is 19.3 Å². The van der Waals surface area contributed by atoms with Crippen molar-refractivity contribution in [3.63, 3.8) is 0 Å². The fourth-order valence-electron chi connectivity index (χ4n) is 1.87. The van der Waals surface area contributed by atoms with Gasteiger partial charge in [0.05, 0.1) is 7.11 Å². The van der Waals surface area contributed by atoms with Crippen LogP contribution in [0.5, 0.6) is 0 Å². The Bertz CT molecular complexity index is 427. The van der Waals surface area contributed by atoms with Crippen molar-refractivity contribution < 1.29 is 9.16 Å². The molecule has 0 aromatic carbocycles. The van der Waals surface area contributed by atoms with E-state index in [2.05, 4.69) is 39.2 Å². The maximum Gasteiger partial charge on any atom is 0.191 e. The van der Waals surface area contributed by atoms with Crippen LogP contribution in [-0.2, 0) is 9.16 Å². The van der Waals surface area contributed by atoms with Crippen LogP contribution in [-0.4, -0.2) is 27.7 Å². The topological polar surface area (TPSA) is 82.5 Å². The molecule has 0 bridgehead atoms. The Morgan fingerprint density at radius 2 is 1.90 bits per heavy atom. The highest BCUT2D eigenvalue weighted by Gasteiger charge is 2.37. The van der Waals surface area contributed by atoms with Crippen molar-refractivity contribution >= 4 is 8.32 Å². The van der Waals surface area contributed by atoms with Crippen LogP contribution in [0.1, 0.15) is 33.6 Å². The van der Waals surface area contributed by atoms with Crippen molar-refractivity contribution in [2.75, 3.05) is 13.7 Å². The Balaban J connectivity index is 2.50. The normalized spacial score (nSPS) is 23.2. The number of methoxy groups -OCH3 is 1. The molecule has 1 heterocycles. The summed E-state index contributed by atoms with van der Waals surface area (Å²) in [7, 11) is -0.0902. The Morgan fingerprint density at radius 1 is 1.29 bits per heavy atom. The van der Waals surface area contributed by atoms with Crippen LogP contribution >= 0.6 is 0 Å². The molecule has 0 saturated carbocycles. The van der Waals surface area contributed by atoms with Gasteiger partial charge in [-0.2, -0.15) is 0 Å². The first-order valence-electron chi connectivity index (χ1n) is 7.45. The Hall–Kier alpha value is -0.983. The zero-order valence-corrected chi connectivity index (χ0v) is 15.2. The van der Waals surface area contributed by atoms with Gasteiger partial charge in [-0.25, -0.2) is 0 Å². The Labute approximate surface area is 129 Å². The molecule has 1 atom stereocenters. The summed E-state index contributed by atoms with van der Waals surface area (Å²) in [6, 6.07) is 0.